The van der Waals surface area contributed by atoms with Crippen molar-refractivity contribution in [3.05, 3.63) is 29.8 Å². The van der Waals surface area contributed by atoms with Gasteiger partial charge in [0.15, 0.2) is 0 Å². The molecule has 136 valence electrons. The molecule has 0 unspecified atom stereocenters. The highest BCUT2D eigenvalue weighted by Crippen LogP contribution is 2.31. The van der Waals surface area contributed by atoms with Crippen molar-refractivity contribution in [2.24, 2.45) is 0 Å². The van der Waals surface area contributed by atoms with Crippen LogP contribution in [0.1, 0.15) is 39.2 Å². The Balaban J connectivity index is 2.98. The van der Waals surface area contributed by atoms with Crippen LogP contribution >= 0.6 is 0 Å². The van der Waals surface area contributed by atoms with Crippen LogP contribution in [0.3, 0.4) is 0 Å². The zero-order valence-electron chi connectivity index (χ0n) is 16.3. The van der Waals surface area contributed by atoms with Crippen molar-refractivity contribution >= 4 is 11.4 Å². The SMILES string of the molecule is CC/C=C(\c1ccc(N(CC)CC)cc1O)N(C)CCCN(C)C. The molecular weight excluding hydrogens is 298 g/mol. The van der Waals surface area contributed by atoms with Crippen molar-refractivity contribution in [3.63, 3.8) is 0 Å². The summed E-state index contributed by atoms with van der Waals surface area (Å²) in [6.45, 7) is 10.3. The smallest absolute Gasteiger partial charge is 0.126 e. The maximum Gasteiger partial charge on any atom is 0.126 e. The Morgan fingerprint density at radius 3 is 2.21 bits per heavy atom. The van der Waals surface area contributed by atoms with Crippen molar-refractivity contribution in [2.45, 2.75) is 33.6 Å². The van der Waals surface area contributed by atoms with Crippen LogP contribution in [0, 0.1) is 0 Å². The molecule has 0 aliphatic heterocycles. The van der Waals surface area contributed by atoms with Crippen molar-refractivity contribution < 1.29 is 5.11 Å². The maximum atomic E-state index is 10.6. The Labute approximate surface area is 148 Å². The Bertz CT molecular complexity index is 522. The molecule has 0 saturated carbocycles. The third-order valence-electron chi connectivity index (χ3n) is 4.29. The predicted octanol–water partition coefficient (Wildman–Crippen LogP) is 3.87. The van der Waals surface area contributed by atoms with Crippen LogP contribution in [-0.4, -0.2) is 62.2 Å². The second-order valence-electron chi connectivity index (χ2n) is 6.45. The van der Waals surface area contributed by atoms with Crippen LogP contribution in [-0.2, 0) is 0 Å². The minimum atomic E-state index is 0.360. The Morgan fingerprint density at radius 1 is 1.04 bits per heavy atom. The minimum Gasteiger partial charge on any atom is -0.507 e. The van der Waals surface area contributed by atoms with Gasteiger partial charge in [-0.1, -0.05) is 13.0 Å². The number of anilines is 1. The predicted molar refractivity (Wildman–Crippen MR) is 106 cm³/mol. The number of rotatable bonds is 10. The second-order valence-corrected chi connectivity index (χ2v) is 6.45. The molecule has 0 aliphatic rings. The Hall–Kier alpha value is -1.68. The number of allylic oxidation sites excluding steroid dienone is 1. The van der Waals surface area contributed by atoms with E-state index in [1.807, 2.05) is 12.1 Å². The summed E-state index contributed by atoms with van der Waals surface area (Å²) < 4.78 is 0. The van der Waals surface area contributed by atoms with Gasteiger partial charge in [0, 0.05) is 49.7 Å². The zero-order valence-corrected chi connectivity index (χ0v) is 16.3. The monoisotopic (exact) mass is 333 g/mol. The van der Waals surface area contributed by atoms with Gasteiger partial charge < -0.3 is 19.8 Å². The highest BCUT2D eigenvalue weighted by Gasteiger charge is 2.13. The lowest BCUT2D eigenvalue weighted by molar-refractivity contribution is 0.363. The summed E-state index contributed by atoms with van der Waals surface area (Å²) >= 11 is 0. The average molecular weight is 334 g/mol. The van der Waals surface area contributed by atoms with E-state index < -0.39 is 0 Å². The fourth-order valence-electron chi connectivity index (χ4n) is 2.93. The molecule has 1 aromatic carbocycles. The fourth-order valence-corrected chi connectivity index (χ4v) is 2.93. The minimum absolute atomic E-state index is 0.360. The molecule has 4 heteroatoms. The number of aromatic hydroxyl groups is 1. The summed E-state index contributed by atoms with van der Waals surface area (Å²) in [5, 5.41) is 10.6. The number of hydrogen-bond acceptors (Lipinski definition) is 4. The molecule has 0 aromatic heterocycles. The fraction of sp³-hybridized carbons (Fsp3) is 0.600. The van der Waals surface area contributed by atoms with Gasteiger partial charge >= 0.3 is 0 Å². The van der Waals surface area contributed by atoms with Crippen molar-refractivity contribution in [2.75, 3.05) is 52.2 Å². The van der Waals surface area contributed by atoms with E-state index in [4.69, 9.17) is 0 Å². The van der Waals surface area contributed by atoms with Crippen molar-refractivity contribution in [3.8, 4) is 5.75 Å². The van der Waals surface area contributed by atoms with Gasteiger partial charge in [-0.2, -0.15) is 0 Å². The molecule has 0 atom stereocenters. The number of phenolic OH excluding ortho intramolecular Hbond substituents is 1. The summed E-state index contributed by atoms with van der Waals surface area (Å²) in [4.78, 5) is 6.69. The van der Waals surface area contributed by atoms with E-state index in [1.54, 1.807) is 0 Å². The molecule has 0 bridgehead atoms. The molecule has 24 heavy (non-hydrogen) atoms. The lowest BCUT2D eigenvalue weighted by atomic mass is 10.1. The average Bonchev–Trinajstić information content (AvgIpc) is 2.54. The largest absolute Gasteiger partial charge is 0.507 e. The zero-order chi connectivity index (χ0) is 18.1. The molecule has 1 rings (SSSR count). The lowest BCUT2D eigenvalue weighted by Crippen LogP contribution is -2.23. The van der Waals surface area contributed by atoms with E-state index in [0.717, 1.165) is 56.0 Å². The quantitative estimate of drug-likeness (QED) is 0.704. The molecule has 4 nitrogen and oxygen atoms in total. The van der Waals surface area contributed by atoms with Gasteiger partial charge in [-0.25, -0.2) is 0 Å². The van der Waals surface area contributed by atoms with Crippen LogP contribution in [0.4, 0.5) is 5.69 Å². The standard InChI is InChI=1S/C20H35N3O/c1-7-11-19(22(6)15-10-14-21(4)5)18-13-12-17(16-20(18)24)23(8-2)9-3/h11-13,16,24H,7-10,14-15H2,1-6H3/b19-11+. The van der Waals surface area contributed by atoms with E-state index in [9.17, 15) is 5.11 Å². The molecule has 0 aliphatic carbocycles. The van der Waals surface area contributed by atoms with E-state index in [2.05, 4.69) is 68.8 Å². The summed E-state index contributed by atoms with van der Waals surface area (Å²) in [6.07, 6.45) is 4.25. The first-order valence-electron chi connectivity index (χ1n) is 9.08. The van der Waals surface area contributed by atoms with Gasteiger partial charge in [-0.05, 0) is 59.5 Å². The normalized spacial score (nSPS) is 11.9. The van der Waals surface area contributed by atoms with Gasteiger partial charge in [0.1, 0.15) is 5.75 Å². The number of phenols is 1. The molecule has 1 aromatic rings. The molecule has 0 spiro atoms. The van der Waals surface area contributed by atoms with Gasteiger partial charge in [-0.3, -0.25) is 0 Å². The molecule has 0 saturated heterocycles. The lowest BCUT2D eigenvalue weighted by Gasteiger charge is -2.26. The van der Waals surface area contributed by atoms with Crippen LogP contribution in [0.5, 0.6) is 5.75 Å². The summed E-state index contributed by atoms with van der Waals surface area (Å²) in [6, 6.07) is 6.05. The first kappa shape index (κ1) is 20.4. The second kappa shape index (κ2) is 10.2. The van der Waals surface area contributed by atoms with Crippen LogP contribution in [0.25, 0.3) is 5.70 Å². The van der Waals surface area contributed by atoms with Crippen LogP contribution in [0.2, 0.25) is 0 Å². The molecular formula is C20H35N3O. The summed E-state index contributed by atoms with van der Waals surface area (Å²) in [5.74, 6) is 0.360. The first-order chi connectivity index (χ1) is 11.4. The molecule has 0 amide bonds. The Morgan fingerprint density at radius 2 is 1.71 bits per heavy atom. The van der Waals surface area contributed by atoms with Crippen LogP contribution < -0.4 is 4.90 Å². The van der Waals surface area contributed by atoms with E-state index in [1.165, 1.54) is 0 Å². The van der Waals surface area contributed by atoms with E-state index >= 15 is 0 Å². The number of nitrogens with zero attached hydrogens (tertiary/aromatic N) is 3. The van der Waals surface area contributed by atoms with Gasteiger partial charge in [-0.15, -0.1) is 0 Å². The highest BCUT2D eigenvalue weighted by atomic mass is 16.3. The maximum absolute atomic E-state index is 10.6. The molecule has 0 heterocycles. The molecule has 1 N–H and O–H groups in total. The van der Waals surface area contributed by atoms with Gasteiger partial charge in [0.05, 0.1) is 0 Å². The van der Waals surface area contributed by atoms with Crippen LogP contribution in [0.15, 0.2) is 24.3 Å². The summed E-state index contributed by atoms with van der Waals surface area (Å²) in [7, 11) is 6.30. The summed E-state index contributed by atoms with van der Waals surface area (Å²) in [5.41, 5.74) is 3.10. The van der Waals surface area contributed by atoms with Gasteiger partial charge in [0.2, 0.25) is 0 Å². The third-order valence-corrected chi connectivity index (χ3v) is 4.29. The molecule has 0 fully saturated rings. The number of benzene rings is 1. The number of hydrogen-bond donors (Lipinski definition) is 1. The van der Waals surface area contributed by atoms with E-state index in [-0.39, 0.29) is 0 Å². The van der Waals surface area contributed by atoms with Crippen molar-refractivity contribution in [1.82, 2.24) is 9.80 Å². The molecule has 0 radical (unpaired) electrons. The topological polar surface area (TPSA) is 30.0 Å². The highest BCUT2D eigenvalue weighted by molar-refractivity contribution is 5.71. The van der Waals surface area contributed by atoms with E-state index in [0.29, 0.717) is 5.75 Å². The first-order valence-corrected chi connectivity index (χ1v) is 9.08. The Kier molecular flexibility index (Phi) is 8.69. The van der Waals surface area contributed by atoms with Gasteiger partial charge in [0.25, 0.3) is 0 Å². The third kappa shape index (κ3) is 5.75. The van der Waals surface area contributed by atoms with Crippen molar-refractivity contribution in [1.29, 1.82) is 0 Å².